The SMILES string of the molecule is O=C(NN=Cc1cccc(Cl)c1)c1cc(O)c(O)c(O)c1. The molecule has 6 nitrogen and oxygen atoms in total. The molecule has 108 valence electrons. The van der Waals surface area contributed by atoms with Crippen molar-refractivity contribution in [1.29, 1.82) is 0 Å². The van der Waals surface area contributed by atoms with E-state index in [9.17, 15) is 20.1 Å². The highest BCUT2D eigenvalue weighted by Crippen LogP contribution is 2.35. The summed E-state index contributed by atoms with van der Waals surface area (Å²) in [4.78, 5) is 11.8. The third-order valence-electron chi connectivity index (χ3n) is 2.56. The summed E-state index contributed by atoms with van der Waals surface area (Å²) < 4.78 is 0. The number of nitrogens with zero attached hydrogens (tertiary/aromatic N) is 1. The lowest BCUT2D eigenvalue weighted by Gasteiger charge is -2.04. The smallest absolute Gasteiger partial charge is 0.271 e. The van der Waals surface area contributed by atoms with Gasteiger partial charge in [0.15, 0.2) is 17.2 Å². The van der Waals surface area contributed by atoms with Gasteiger partial charge in [-0.2, -0.15) is 5.10 Å². The predicted molar refractivity (Wildman–Crippen MR) is 77.9 cm³/mol. The van der Waals surface area contributed by atoms with Gasteiger partial charge in [-0.05, 0) is 29.8 Å². The summed E-state index contributed by atoms with van der Waals surface area (Å²) in [5, 5.41) is 32.1. The summed E-state index contributed by atoms with van der Waals surface area (Å²) >= 11 is 5.80. The molecule has 0 fully saturated rings. The zero-order valence-corrected chi connectivity index (χ0v) is 11.4. The molecule has 7 heteroatoms. The van der Waals surface area contributed by atoms with E-state index in [-0.39, 0.29) is 5.56 Å². The first-order chi connectivity index (χ1) is 9.97. The number of benzene rings is 2. The van der Waals surface area contributed by atoms with Crippen molar-refractivity contribution in [3.05, 3.63) is 52.5 Å². The highest BCUT2D eigenvalue weighted by molar-refractivity contribution is 6.30. The Labute approximate surface area is 124 Å². The van der Waals surface area contributed by atoms with Gasteiger partial charge in [0, 0.05) is 10.6 Å². The Morgan fingerprint density at radius 2 is 1.81 bits per heavy atom. The highest BCUT2D eigenvalue weighted by Gasteiger charge is 2.12. The third-order valence-corrected chi connectivity index (χ3v) is 2.80. The van der Waals surface area contributed by atoms with E-state index in [0.717, 1.165) is 12.1 Å². The maximum atomic E-state index is 11.8. The van der Waals surface area contributed by atoms with Crippen molar-refractivity contribution >= 4 is 23.7 Å². The molecule has 0 bridgehead atoms. The summed E-state index contributed by atoms with van der Waals surface area (Å²) in [7, 11) is 0. The van der Waals surface area contributed by atoms with Crippen molar-refractivity contribution in [3.8, 4) is 17.2 Å². The van der Waals surface area contributed by atoms with Gasteiger partial charge in [0.1, 0.15) is 0 Å². The number of rotatable bonds is 3. The van der Waals surface area contributed by atoms with E-state index in [1.807, 2.05) is 0 Å². The Morgan fingerprint density at radius 3 is 2.43 bits per heavy atom. The number of phenolic OH excluding ortho intramolecular Hbond substituents is 3. The summed E-state index contributed by atoms with van der Waals surface area (Å²) in [6, 6.07) is 8.88. The van der Waals surface area contributed by atoms with Gasteiger partial charge in [0.25, 0.3) is 5.91 Å². The molecule has 0 aliphatic rings. The van der Waals surface area contributed by atoms with E-state index in [0.29, 0.717) is 10.6 Å². The first-order valence-electron chi connectivity index (χ1n) is 5.81. The minimum Gasteiger partial charge on any atom is -0.504 e. The molecule has 2 rings (SSSR count). The Kier molecular flexibility index (Phi) is 4.30. The summed E-state index contributed by atoms with van der Waals surface area (Å²) in [5.41, 5.74) is 2.87. The molecule has 0 saturated carbocycles. The van der Waals surface area contributed by atoms with Crippen LogP contribution in [-0.4, -0.2) is 27.4 Å². The number of halogens is 1. The molecule has 0 saturated heterocycles. The Balaban J connectivity index is 2.08. The average molecular weight is 307 g/mol. The van der Waals surface area contributed by atoms with Gasteiger partial charge in [-0.3, -0.25) is 4.79 Å². The van der Waals surface area contributed by atoms with E-state index >= 15 is 0 Å². The third kappa shape index (κ3) is 3.64. The van der Waals surface area contributed by atoms with Crippen LogP contribution in [0.4, 0.5) is 0 Å². The molecule has 4 N–H and O–H groups in total. The van der Waals surface area contributed by atoms with Gasteiger partial charge in [0.05, 0.1) is 6.21 Å². The standard InChI is InChI=1S/C14H11ClN2O4/c15-10-3-1-2-8(4-10)7-16-17-14(21)9-5-11(18)13(20)12(19)6-9/h1-7,18-20H,(H,17,21). The number of hydrogen-bond donors (Lipinski definition) is 4. The summed E-state index contributed by atoms with van der Waals surface area (Å²) in [5.74, 6) is -2.54. The molecule has 0 spiro atoms. The first-order valence-corrected chi connectivity index (χ1v) is 6.19. The molecular formula is C14H11ClN2O4. The molecule has 1 amide bonds. The number of hydrogen-bond acceptors (Lipinski definition) is 5. The van der Waals surface area contributed by atoms with Crippen LogP contribution < -0.4 is 5.43 Å². The van der Waals surface area contributed by atoms with Crippen LogP contribution in [0.25, 0.3) is 0 Å². The van der Waals surface area contributed by atoms with Crippen LogP contribution in [0.5, 0.6) is 17.2 Å². The fourth-order valence-electron chi connectivity index (χ4n) is 1.55. The predicted octanol–water partition coefficient (Wildman–Crippen LogP) is 2.22. The van der Waals surface area contributed by atoms with E-state index in [1.165, 1.54) is 6.21 Å². The van der Waals surface area contributed by atoms with Crippen molar-refractivity contribution in [3.63, 3.8) is 0 Å². The minimum absolute atomic E-state index is 0.0500. The van der Waals surface area contributed by atoms with Crippen molar-refractivity contribution in [1.82, 2.24) is 5.43 Å². The van der Waals surface area contributed by atoms with Crippen LogP contribution in [-0.2, 0) is 0 Å². The fraction of sp³-hybridized carbons (Fsp3) is 0. The zero-order chi connectivity index (χ0) is 15.4. The molecule has 0 aromatic heterocycles. The van der Waals surface area contributed by atoms with Crippen LogP contribution in [0.1, 0.15) is 15.9 Å². The lowest BCUT2D eigenvalue weighted by Crippen LogP contribution is -2.17. The van der Waals surface area contributed by atoms with Gasteiger partial charge < -0.3 is 15.3 Å². The maximum Gasteiger partial charge on any atom is 0.271 e. The van der Waals surface area contributed by atoms with Crippen LogP contribution in [0.3, 0.4) is 0 Å². The zero-order valence-electron chi connectivity index (χ0n) is 10.6. The second kappa shape index (κ2) is 6.15. The average Bonchev–Trinajstić information content (AvgIpc) is 2.44. The number of nitrogens with one attached hydrogen (secondary N) is 1. The van der Waals surface area contributed by atoms with Crippen molar-refractivity contribution in [2.75, 3.05) is 0 Å². The second-order valence-corrected chi connectivity index (χ2v) is 4.55. The van der Waals surface area contributed by atoms with E-state index in [1.54, 1.807) is 24.3 Å². The van der Waals surface area contributed by atoms with Crippen LogP contribution in [0, 0.1) is 0 Å². The lowest BCUT2D eigenvalue weighted by molar-refractivity contribution is 0.0954. The Hall–Kier alpha value is -2.73. The van der Waals surface area contributed by atoms with Crippen molar-refractivity contribution < 1.29 is 20.1 Å². The highest BCUT2D eigenvalue weighted by atomic mass is 35.5. The van der Waals surface area contributed by atoms with E-state index < -0.39 is 23.2 Å². The van der Waals surface area contributed by atoms with Crippen LogP contribution >= 0.6 is 11.6 Å². The van der Waals surface area contributed by atoms with Crippen LogP contribution in [0.2, 0.25) is 5.02 Å². The van der Waals surface area contributed by atoms with E-state index in [4.69, 9.17) is 11.6 Å². The molecule has 2 aromatic carbocycles. The number of hydrazone groups is 1. The molecule has 21 heavy (non-hydrogen) atoms. The van der Waals surface area contributed by atoms with Gasteiger partial charge in [-0.25, -0.2) is 5.43 Å². The Morgan fingerprint density at radius 1 is 1.14 bits per heavy atom. The lowest BCUT2D eigenvalue weighted by atomic mass is 10.2. The molecule has 0 unspecified atom stereocenters. The molecular weight excluding hydrogens is 296 g/mol. The summed E-state index contributed by atoms with van der Waals surface area (Å²) in [6.45, 7) is 0. The molecule has 0 aliphatic heterocycles. The first kappa shape index (κ1) is 14.7. The molecule has 0 aliphatic carbocycles. The normalized spacial score (nSPS) is 10.7. The summed E-state index contributed by atoms with van der Waals surface area (Å²) in [6.07, 6.45) is 1.39. The molecule has 2 aromatic rings. The van der Waals surface area contributed by atoms with Gasteiger partial charge in [0.2, 0.25) is 0 Å². The molecule has 0 heterocycles. The number of amides is 1. The number of carbonyl (C=O) groups is 1. The topological polar surface area (TPSA) is 102 Å². The van der Waals surface area contributed by atoms with Gasteiger partial charge >= 0.3 is 0 Å². The largest absolute Gasteiger partial charge is 0.504 e. The molecule has 0 atom stereocenters. The van der Waals surface area contributed by atoms with E-state index in [2.05, 4.69) is 10.5 Å². The van der Waals surface area contributed by atoms with Gasteiger partial charge in [-0.1, -0.05) is 23.7 Å². The Bertz CT molecular complexity index is 693. The van der Waals surface area contributed by atoms with Crippen molar-refractivity contribution in [2.45, 2.75) is 0 Å². The van der Waals surface area contributed by atoms with Crippen LogP contribution in [0.15, 0.2) is 41.5 Å². The minimum atomic E-state index is -0.686. The maximum absolute atomic E-state index is 11.8. The number of aromatic hydroxyl groups is 3. The molecule has 0 radical (unpaired) electrons. The quantitative estimate of drug-likeness (QED) is 0.396. The van der Waals surface area contributed by atoms with Gasteiger partial charge in [-0.15, -0.1) is 0 Å². The monoisotopic (exact) mass is 306 g/mol. The fourth-order valence-corrected chi connectivity index (χ4v) is 1.75. The van der Waals surface area contributed by atoms with Crippen molar-refractivity contribution in [2.24, 2.45) is 5.10 Å². The number of carbonyl (C=O) groups excluding carboxylic acids is 1. The number of phenols is 3. The second-order valence-electron chi connectivity index (χ2n) is 4.12.